The molecule has 0 aliphatic heterocycles. The first-order chi connectivity index (χ1) is 7.67. The van der Waals surface area contributed by atoms with Crippen LogP contribution in [0.5, 0.6) is 5.75 Å². The Bertz CT molecular complexity index is 545. The van der Waals surface area contributed by atoms with E-state index in [2.05, 4.69) is 9.97 Å². The van der Waals surface area contributed by atoms with E-state index in [1.807, 2.05) is 0 Å². The number of ether oxygens (including phenoxy) is 1. The summed E-state index contributed by atoms with van der Waals surface area (Å²) in [5, 5.41) is 1.37. The molecule has 1 aromatic carbocycles. The lowest BCUT2D eigenvalue weighted by atomic mass is 10.2. The van der Waals surface area contributed by atoms with Crippen molar-refractivity contribution in [3.05, 3.63) is 28.1 Å². The van der Waals surface area contributed by atoms with Crippen molar-refractivity contribution in [2.24, 2.45) is 0 Å². The summed E-state index contributed by atoms with van der Waals surface area (Å²) in [6.07, 6.45) is 0. The number of alkyl halides is 1. The third-order valence-corrected chi connectivity index (χ3v) is 2.90. The van der Waals surface area contributed by atoms with E-state index in [1.165, 1.54) is 7.11 Å². The fourth-order valence-corrected chi connectivity index (χ4v) is 2.07. The van der Waals surface area contributed by atoms with Crippen LogP contribution in [-0.2, 0) is 5.88 Å². The molecule has 3 nitrogen and oxygen atoms in total. The van der Waals surface area contributed by atoms with Gasteiger partial charge in [-0.1, -0.05) is 23.2 Å². The van der Waals surface area contributed by atoms with Gasteiger partial charge in [-0.05, 0) is 12.1 Å². The van der Waals surface area contributed by atoms with E-state index >= 15 is 0 Å². The van der Waals surface area contributed by atoms with Gasteiger partial charge in [0.2, 0.25) is 0 Å². The molecule has 0 saturated heterocycles. The topological polar surface area (TPSA) is 35.0 Å². The van der Waals surface area contributed by atoms with Crippen LogP contribution in [0.2, 0.25) is 10.2 Å². The highest BCUT2D eigenvalue weighted by Crippen LogP contribution is 2.36. The molecule has 16 heavy (non-hydrogen) atoms. The van der Waals surface area contributed by atoms with Crippen LogP contribution in [0, 0.1) is 0 Å². The summed E-state index contributed by atoms with van der Waals surface area (Å²) < 4.78 is 5.18. The van der Waals surface area contributed by atoms with Crippen molar-refractivity contribution < 1.29 is 4.74 Å². The van der Waals surface area contributed by atoms with Crippen LogP contribution in [-0.4, -0.2) is 17.1 Å². The summed E-state index contributed by atoms with van der Waals surface area (Å²) in [5.41, 5.74) is 0.664. The highest BCUT2D eigenvalue weighted by Gasteiger charge is 2.13. The van der Waals surface area contributed by atoms with Crippen LogP contribution in [0.3, 0.4) is 0 Å². The Morgan fingerprint density at radius 3 is 2.62 bits per heavy atom. The number of halogens is 3. The lowest BCUT2D eigenvalue weighted by Gasteiger charge is -2.08. The van der Waals surface area contributed by atoms with Crippen molar-refractivity contribution >= 4 is 45.7 Å². The fraction of sp³-hybridized carbons (Fsp3) is 0.200. The third-order valence-electron chi connectivity index (χ3n) is 2.09. The van der Waals surface area contributed by atoms with Crippen LogP contribution in [0.1, 0.15) is 5.82 Å². The van der Waals surface area contributed by atoms with E-state index in [0.29, 0.717) is 32.7 Å². The summed E-state index contributed by atoms with van der Waals surface area (Å²) in [7, 11) is 1.52. The molecule has 0 amide bonds. The molecule has 2 rings (SSSR count). The van der Waals surface area contributed by atoms with Gasteiger partial charge in [-0.15, -0.1) is 11.6 Å². The molecule has 0 radical (unpaired) electrons. The van der Waals surface area contributed by atoms with Crippen LogP contribution < -0.4 is 4.74 Å². The predicted molar refractivity (Wildman–Crippen MR) is 65.7 cm³/mol. The molecule has 0 unspecified atom stereocenters. The van der Waals surface area contributed by atoms with Gasteiger partial charge in [-0.25, -0.2) is 9.97 Å². The Morgan fingerprint density at radius 2 is 2.00 bits per heavy atom. The van der Waals surface area contributed by atoms with Crippen molar-refractivity contribution in [2.75, 3.05) is 7.11 Å². The summed E-state index contributed by atoms with van der Waals surface area (Å²) in [4.78, 5) is 8.29. The van der Waals surface area contributed by atoms with Crippen LogP contribution >= 0.6 is 34.8 Å². The molecule has 0 fully saturated rings. The highest BCUT2D eigenvalue weighted by molar-refractivity contribution is 6.37. The second kappa shape index (κ2) is 4.62. The average Bonchev–Trinajstić information content (AvgIpc) is 2.29. The number of hydrogen-bond donors (Lipinski definition) is 0. The monoisotopic (exact) mass is 276 g/mol. The second-order valence-corrected chi connectivity index (χ2v) is 4.07. The van der Waals surface area contributed by atoms with Gasteiger partial charge in [0.15, 0.2) is 0 Å². The normalized spacial score (nSPS) is 10.8. The number of rotatable bonds is 2. The number of methoxy groups -OCH3 is 1. The van der Waals surface area contributed by atoms with E-state index in [-0.39, 0.29) is 5.88 Å². The van der Waals surface area contributed by atoms with Crippen LogP contribution in [0.4, 0.5) is 0 Å². The summed E-state index contributed by atoms with van der Waals surface area (Å²) in [5.74, 6) is 1.16. The number of hydrogen-bond acceptors (Lipinski definition) is 3. The largest absolute Gasteiger partial charge is 0.494 e. The fourth-order valence-electron chi connectivity index (χ4n) is 1.43. The molecule has 0 N–H and O–H groups in total. The van der Waals surface area contributed by atoms with E-state index in [9.17, 15) is 0 Å². The Kier molecular flexibility index (Phi) is 3.38. The molecule has 6 heteroatoms. The Morgan fingerprint density at radius 1 is 1.25 bits per heavy atom. The van der Waals surface area contributed by atoms with Gasteiger partial charge in [0.25, 0.3) is 0 Å². The molecule has 84 valence electrons. The van der Waals surface area contributed by atoms with Crippen molar-refractivity contribution in [3.8, 4) is 5.75 Å². The van der Waals surface area contributed by atoms with Gasteiger partial charge in [-0.2, -0.15) is 0 Å². The van der Waals surface area contributed by atoms with Crippen molar-refractivity contribution in [2.45, 2.75) is 5.88 Å². The quantitative estimate of drug-likeness (QED) is 0.620. The average molecular weight is 278 g/mol. The molecular weight excluding hydrogens is 270 g/mol. The van der Waals surface area contributed by atoms with Gasteiger partial charge < -0.3 is 4.74 Å². The SMILES string of the molecule is COc1c(Cl)ccc2nc(CCl)nc(Cl)c12. The van der Waals surface area contributed by atoms with Crippen LogP contribution in [0.25, 0.3) is 10.9 Å². The number of fused-ring (bicyclic) bond motifs is 1. The Hall–Kier alpha value is -0.770. The molecule has 0 saturated carbocycles. The summed E-state index contributed by atoms with van der Waals surface area (Å²) in [6, 6.07) is 3.45. The maximum absolute atomic E-state index is 6.05. The molecule has 0 aliphatic rings. The smallest absolute Gasteiger partial charge is 0.149 e. The highest BCUT2D eigenvalue weighted by atomic mass is 35.5. The zero-order valence-corrected chi connectivity index (χ0v) is 10.6. The van der Waals surface area contributed by atoms with E-state index < -0.39 is 0 Å². The van der Waals surface area contributed by atoms with E-state index in [4.69, 9.17) is 39.5 Å². The molecule has 1 aromatic heterocycles. The van der Waals surface area contributed by atoms with Crippen molar-refractivity contribution in [3.63, 3.8) is 0 Å². The molecular formula is C10H7Cl3N2O. The maximum Gasteiger partial charge on any atom is 0.149 e. The molecule has 0 atom stereocenters. The van der Waals surface area contributed by atoms with E-state index in [0.717, 1.165) is 0 Å². The van der Waals surface area contributed by atoms with Gasteiger partial charge in [0.05, 0.1) is 28.9 Å². The first kappa shape index (κ1) is 11.7. The minimum Gasteiger partial charge on any atom is -0.494 e. The van der Waals surface area contributed by atoms with Crippen molar-refractivity contribution in [1.82, 2.24) is 9.97 Å². The van der Waals surface area contributed by atoms with Crippen LogP contribution in [0.15, 0.2) is 12.1 Å². The van der Waals surface area contributed by atoms with E-state index in [1.54, 1.807) is 12.1 Å². The van der Waals surface area contributed by atoms with Gasteiger partial charge in [0.1, 0.15) is 16.7 Å². The third kappa shape index (κ3) is 1.90. The summed E-state index contributed by atoms with van der Waals surface area (Å²) >= 11 is 17.7. The minimum absolute atomic E-state index is 0.209. The minimum atomic E-state index is 0.209. The molecule has 0 bridgehead atoms. The zero-order valence-electron chi connectivity index (χ0n) is 8.30. The zero-order chi connectivity index (χ0) is 11.7. The van der Waals surface area contributed by atoms with Gasteiger partial charge in [0, 0.05) is 0 Å². The molecule has 1 heterocycles. The standard InChI is InChI=1S/C10H7Cl3N2O/c1-16-9-5(12)2-3-6-8(9)10(13)15-7(4-11)14-6/h2-3H,4H2,1H3. The number of aromatic nitrogens is 2. The van der Waals surface area contributed by atoms with Gasteiger partial charge in [-0.3, -0.25) is 0 Å². The lowest BCUT2D eigenvalue weighted by Crippen LogP contribution is -1.96. The number of benzene rings is 1. The Labute approximate surface area is 107 Å². The van der Waals surface area contributed by atoms with Gasteiger partial charge >= 0.3 is 0 Å². The second-order valence-electron chi connectivity index (χ2n) is 3.04. The molecule has 0 aliphatic carbocycles. The first-order valence-electron chi connectivity index (χ1n) is 4.42. The predicted octanol–water partition coefficient (Wildman–Crippen LogP) is 3.68. The molecule has 2 aromatic rings. The Balaban J connectivity index is 2.83. The molecule has 0 spiro atoms. The lowest BCUT2D eigenvalue weighted by molar-refractivity contribution is 0.420. The first-order valence-corrected chi connectivity index (χ1v) is 5.71. The summed E-state index contributed by atoms with van der Waals surface area (Å²) in [6.45, 7) is 0. The number of nitrogens with zero attached hydrogens (tertiary/aromatic N) is 2. The maximum atomic E-state index is 6.05. The van der Waals surface area contributed by atoms with Crippen molar-refractivity contribution in [1.29, 1.82) is 0 Å².